The van der Waals surface area contributed by atoms with E-state index in [0.717, 1.165) is 0 Å². The van der Waals surface area contributed by atoms with Crippen LogP contribution in [0.4, 0.5) is 32.0 Å². The standard InChI is InChI=1S/C14H9F6NS/c15-13(16,17)9-6-10(14(18,19)20)8-12(7-9)22-21-11-4-2-1-3-5-11/h1-8,21H. The summed E-state index contributed by atoms with van der Waals surface area (Å²) in [4.78, 5) is -0.175. The van der Waals surface area contributed by atoms with Gasteiger partial charge in [-0.15, -0.1) is 0 Å². The summed E-state index contributed by atoms with van der Waals surface area (Å²) in [5, 5.41) is 0. The van der Waals surface area contributed by atoms with Crippen LogP contribution in [0.3, 0.4) is 0 Å². The number of alkyl halides is 6. The number of halogens is 6. The van der Waals surface area contributed by atoms with Crippen molar-refractivity contribution in [3.05, 3.63) is 59.7 Å². The third-order valence-electron chi connectivity index (χ3n) is 2.62. The smallest absolute Gasteiger partial charge is 0.326 e. The quantitative estimate of drug-likeness (QED) is 0.557. The molecule has 0 radical (unpaired) electrons. The number of anilines is 1. The van der Waals surface area contributed by atoms with Crippen molar-refractivity contribution in [2.45, 2.75) is 17.2 Å². The Bertz CT molecular complexity index is 604. The van der Waals surface area contributed by atoms with E-state index in [9.17, 15) is 26.3 Å². The second-order valence-electron chi connectivity index (χ2n) is 4.31. The molecule has 0 aliphatic carbocycles. The maximum absolute atomic E-state index is 12.7. The lowest BCUT2D eigenvalue weighted by Crippen LogP contribution is -2.11. The second kappa shape index (κ2) is 6.12. The van der Waals surface area contributed by atoms with Crippen molar-refractivity contribution in [3.8, 4) is 0 Å². The number of rotatable bonds is 3. The van der Waals surface area contributed by atoms with Crippen molar-refractivity contribution < 1.29 is 26.3 Å². The first kappa shape index (κ1) is 16.5. The van der Waals surface area contributed by atoms with Gasteiger partial charge in [0.2, 0.25) is 0 Å². The van der Waals surface area contributed by atoms with Crippen molar-refractivity contribution in [1.82, 2.24) is 0 Å². The highest BCUT2D eigenvalue weighted by molar-refractivity contribution is 8.00. The molecule has 0 atom stereocenters. The van der Waals surface area contributed by atoms with E-state index in [1.165, 1.54) is 0 Å². The lowest BCUT2D eigenvalue weighted by Gasteiger charge is -2.14. The summed E-state index contributed by atoms with van der Waals surface area (Å²) in [6.45, 7) is 0. The van der Waals surface area contributed by atoms with Crippen LogP contribution in [0.5, 0.6) is 0 Å². The minimum absolute atomic E-state index is 0.104. The van der Waals surface area contributed by atoms with Gasteiger partial charge in [0.1, 0.15) is 0 Å². The third-order valence-corrected chi connectivity index (χ3v) is 3.43. The van der Waals surface area contributed by atoms with Crippen molar-refractivity contribution in [3.63, 3.8) is 0 Å². The molecule has 0 bridgehead atoms. The van der Waals surface area contributed by atoms with Crippen LogP contribution in [0.2, 0.25) is 0 Å². The first-order valence-electron chi connectivity index (χ1n) is 5.93. The van der Waals surface area contributed by atoms with Crippen molar-refractivity contribution in [2.75, 3.05) is 4.72 Å². The molecule has 0 aromatic heterocycles. The predicted octanol–water partition coefficient (Wildman–Crippen LogP) is 5.84. The monoisotopic (exact) mass is 337 g/mol. The van der Waals surface area contributed by atoms with Gasteiger partial charge in [-0.25, -0.2) is 0 Å². The van der Waals surface area contributed by atoms with Gasteiger partial charge in [0, 0.05) is 10.6 Å². The van der Waals surface area contributed by atoms with E-state index in [2.05, 4.69) is 4.72 Å². The highest BCUT2D eigenvalue weighted by Gasteiger charge is 2.36. The Morgan fingerprint density at radius 3 is 1.68 bits per heavy atom. The van der Waals surface area contributed by atoms with E-state index < -0.39 is 23.5 Å². The first-order valence-corrected chi connectivity index (χ1v) is 6.75. The number of hydrogen-bond donors (Lipinski definition) is 1. The zero-order valence-corrected chi connectivity index (χ0v) is 11.6. The van der Waals surface area contributed by atoms with Gasteiger partial charge < -0.3 is 4.72 Å². The molecule has 2 aromatic carbocycles. The van der Waals surface area contributed by atoms with Gasteiger partial charge in [-0.05, 0) is 42.3 Å². The molecule has 2 aromatic rings. The van der Waals surface area contributed by atoms with Gasteiger partial charge >= 0.3 is 12.4 Å². The predicted molar refractivity (Wildman–Crippen MR) is 72.4 cm³/mol. The zero-order valence-electron chi connectivity index (χ0n) is 10.8. The van der Waals surface area contributed by atoms with Gasteiger partial charge in [-0.2, -0.15) is 26.3 Å². The van der Waals surface area contributed by atoms with E-state index in [4.69, 9.17) is 0 Å². The van der Waals surface area contributed by atoms with Gasteiger partial charge in [0.25, 0.3) is 0 Å². The molecule has 0 unspecified atom stereocenters. The normalized spacial score (nSPS) is 12.3. The Morgan fingerprint density at radius 1 is 0.727 bits per heavy atom. The molecule has 0 fully saturated rings. The van der Waals surface area contributed by atoms with Gasteiger partial charge in [0.05, 0.1) is 11.1 Å². The Hall–Kier alpha value is -1.83. The van der Waals surface area contributed by atoms with E-state index in [1.54, 1.807) is 30.3 Å². The summed E-state index contributed by atoms with van der Waals surface area (Å²) in [7, 11) is 0. The topological polar surface area (TPSA) is 12.0 Å². The molecule has 1 N–H and O–H groups in total. The van der Waals surface area contributed by atoms with Crippen molar-refractivity contribution in [1.29, 1.82) is 0 Å². The van der Waals surface area contributed by atoms with Crippen molar-refractivity contribution >= 4 is 17.6 Å². The minimum atomic E-state index is -4.84. The molecular weight excluding hydrogens is 328 g/mol. The van der Waals surface area contributed by atoms with Crippen molar-refractivity contribution in [2.24, 2.45) is 0 Å². The fourth-order valence-electron chi connectivity index (χ4n) is 1.61. The average molecular weight is 337 g/mol. The SMILES string of the molecule is FC(F)(F)c1cc(SNc2ccccc2)cc(C(F)(F)F)c1. The van der Waals surface area contributed by atoms with Crippen LogP contribution >= 0.6 is 11.9 Å². The van der Waals surface area contributed by atoms with E-state index in [-0.39, 0.29) is 11.0 Å². The largest absolute Gasteiger partial charge is 0.416 e. The van der Waals surface area contributed by atoms with Gasteiger partial charge in [-0.3, -0.25) is 0 Å². The summed E-state index contributed by atoms with van der Waals surface area (Å²) in [6, 6.07) is 9.86. The number of hydrogen-bond acceptors (Lipinski definition) is 2. The number of benzene rings is 2. The highest BCUT2D eigenvalue weighted by atomic mass is 32.2. The van der Waals surface area contributed by atoms with E-state index >= 15 is 0 Å². The van der Waals surface area contributed by atoms with Gasteiger partial charge in [0.15, 0.2) is 0 Å². The van der Waals surface area contributed by atoms with Crippen LogP contribution in [0.1, 0.15) is 11.1 Å². The molecule has 2 rings (SSSR count). The lowest BCUT2D eigenvalue weighted by atomic mass is 10.1. The van der Waals surface area contributed by atoms with Crippen LogP contribution in [0.15, 0.2) is 53.4 Å². The molecular formula is C14H9F6NS. The highest BCUT2D eigenvalue weighted by Crippen LogP contribution is 2.38. The molecule has 1 nitrogen and oxygen atoms in total. The maximum Gasteiger partial charge on any atom is 0.416 e. The molecule has 0 saturated heterocycles. The Labute approximate surface area is 126 Å². The lowest BCUT2D eigenvalue weighted by molar-refractivity contribution is -0.143. The fourth-order valence-corrected chi connectivity index (χ4v) is 2.35. The second-order valence-corrected chi connectivity index (χ2v) is 5.19. The number of para-hydroxylation sites is 1. The fraction of sp³-hybridized carbons (Fsp3) is 0.143. The molecule has 22 heavy (non-hydrogen) atoms. The summed E-state index contributed by atoms with van der Waals surface area (Å²) in [5.74, 6) is 0. The summed E-state index contributed by atoms with van der Waals surface area (Å²) >= 11 is 0.684. The molecule has 0 spiro atoms. The Kier molecular flexibility index (Phi) is 4.60. The summed E-state index contributed by atoms with van der Waals surface area (Å²) in [5.41, 5.74) is -2.10. The Morgan fingerprint density at radius 2 is 1.23 bits per heavy atom. The number of nitrogens with one attached hydrogen (secondary N) is 1. The zero-order chi connectivity index (χ0) is 16.4. The summed E-state index contributed by atoms with van der Waals surface area (Å²) < 4.78 is 78.9. The molecule has 0 heterocycles. The molecule has 0 aliphatic heterocycles. The first-order chi connectivity index (χ1) is 10.2. The molecule has 0 saturated carbocycles. The Balaban J connectivity index is 2.30. The molecule has 0 aliphatic rings. The van der Waals surface area contributed by atoms with Crippen LogP contribution in [0, 0.1) is 0 Å². The van der Waals surface area contributed by atoms with Crippen LogP contribution in [-0.2, 0) is 12.4 Å². The van der Waals surface area contributed by atoms with E-state index in [0.29, 0.717) is 29.8 Å². The average Bonchev–Trinajstić information content (AvgIpc) is 2.44. The maximum atomic E-state index is 12.7. The van der Waals surface area contributed by atoms with Crippen LogP contribution < -0.4 is 4.72 Å². The minimum Gasteiger partial charge on any atom is -0.326 e. The van der Waals surface area contributed by atoms with Crippen LogP contribution in [0.25, 0.3) is 0 Å². The molecule has 118 valence electrons. The van der Waals surface area contributed by atoms with Crippen LogP contribution in [-0.4, -0.2) is 0 Å². The summed E-state index contributed by atoms with van der Waals surface area (Å²) in [6.07, 6.45) is -9.69. The molecule has 0 amide bonds. The van der Waals surface area contributed by atoms with E-state index in [1.807, 2.05) is 0 Å². The van der Waals surface area contributed by atoms with Gasteiger partial charge in [-0.1, -0.05) is 18.2 Å². The molecule has 8 heteroatoms. The third kappa shape index (κ3) is 4.33.